The van der Waals surface area contributed by atoms with E-state index in [1.165, 1.54) is 0 Å². The summed E-state index contributed by atoms with van der Waals surface area (Å²) in [5, 5.41) is 2.59. The van der Waals surface area contributed by atoms with E-state index in [2.05, 4.69) is 20.2 Å². The van der Waals surface area contributed by atoms with Crippen molar-refractivity contribution < 1.29 is 9.53 Å². The van der Waals surface area contributed by atoms with Gasteiger partial charge in [0.2, 0.25) is 5.28 Å². The summed E-state index contributed by atoms with van der Waals surface area (Å²) in [5.74, 6) is 0.380. The highest BCUT2D eigenvalue weighted by Crippen LogP contribution is 2.19. The van der Waals surface area contributed by atoms with Crippen molar-refractivity contribution in [2.75, 3.05) is 31.7 Å². The summed E-state index contributed by atoms with van der Waals surface area (Å²) in [4.78, 5) is 21.7. The van der Waals surface area contributed by atoms with Gasteiger partial charge in [0.25, 0.3) is 5.91 Å². The van der Waals surface area contributed by atoms with E-state index >= 15 is 0 Å². The summed E-state index contributed by atoms with van der Waals surface area (Å²) in [7, 11) is 1.55. The monoisotopic (exact) mass is 270 g/mol. The van der Waals surface area contributed by atoms with E-state index in [1.807, 2.05) is 6.92 Å². The molecule has 0 bridgehead atoms. The Hall–Kier alpha value is -1.40. The Kier molecular flexibility index (Phi) is 3.98. The van der Waals surface area contributed by atoms with Crippen LogP contribution in [-0.2, 0) is 4.74 Å². The van der Waals surface area contributed by atoms with Gasteiger partial charge in [-0.1, -0.05) is 0 Å². The number of carbonyl (C=O) groups is 1. The van der Waals surface area contributed by atoms with Crippen molar-refractivity contribution in [1.82, 2.24) is 15.3 Å². The van der Waals surface area contributed by atoms with Gasteiger partial charge in [-0.25, -0.2) is 9.97 Å². The summed E-state index contributed by atoms with van der Waals surface area (Å²) in [5.41, 5.74) is 0.270. The zero-order valence-electron chi connectivity index (χ0n) is 10.3. The fraction of sp³-hybridized carbons (Fsp3) is 0.545. The summed E-state index contributed by atoms with van der Waals surface area (Å²) < 4.78 is 5.37. The van der Waals surface area contributed by atoms with E-state index in [0.29, 0.717) is 19.0 Å². The number of hydrogen-bond acceptors (Lipinski definition) is 5. The number of rotatable bonds is 2. The SMILES string of the molecule is CNC(=O)c1cc(N2CCOC[C@H]2C)nc(Cl)n1. The molecule has 1 fully saturated rings. The first-order valence-electron chi connectivity index (χ1n) is 5.73. The maximum absolute atomic E-state index is 11.6. The van der Waals surface area contributed by atoms with E-state index in [9.17, 15) is 4.79 Å². The lowest BCUT2D eigenvalue weighted by molar-refractivity contribution is 0.0956. The molecule has 1 aliphatic rings. The molecule has 1 amide bonds. The molecule has 0 aliphatic carbocycles. The highest BCUT2D eigenvalue weighted by molar-refractivity contribution is 6.28. The van der Waals surface area contributed by atoms with Crippen LogP contribution in [0.5, 0.6) is 0 Å². The summed E-state index contributed by atoms with van der Waals surface area (Å²) in [6.07, 6.45) is 0. The highest BCUT2D eigenvalue weighted by Gasteiger charge is 2.22. The molecular weight excluding hydrogens is 256 g/mol. The highest BCUT2D eigenvalue weighted by atomic mass is 35.5. The zero-order valence-corrected chi connectivity index (χ0v) is 11.1. The molecule has 2 heterocycles. The molecule has 2 rings (SSSR count). The van der Waals surface area contributed by atoms with E-state index < -0.39 is 0 Å². The number of ether oxygens (including phenoxy) is 1. The summed E-state index contributed by atoms with van der Waals surface area (Å²) >= 11 is 5.86. The zero-order chi connectivity index (χ0) is 13.1. The van der Waals surface area contributed by atoms with Gasteiger partial charge >= 0.3 is 0 Å². The molecule has 0 aromatic carbocycles. The Labute approximate surface area is 110 Å². The van der Waals surface area contributed by atoms with Crippen molar-refractivity contribution >= 4 is 23.3 Å². The second kappa shape index (κ2) is 5.49. The van der Waals surface area contributed by atoms with Crippen LogP contribution in [0, 0.1) is 0 Å². The third-order valence-corrected chi connectivity index (χ3v) is 2.98. The summed E-state index contributed by atoms with van der Waals surface area (Å²) in [6.45, 7) is 4.04. The lowest BCUT2D eigenvalue weighted by Gasteiger charge is -2.34. The molecule has 1 aromatic heterocycles. The second-order valence-electron chi connectivity index (χ2n) is 4.08. The molecule has 0 radical (unpaired) electrons. The molecule has 98 valence electrons. The Morgan fingerprint density at radius 1 is 1.61 bits per heavy atom. The molecule has 1 saturated heterocycles. The number of amides is 1. The topological polar surface area (TPSA) is 67.4 Å². The van der Waals surface area contributed by atoms with Gasteiger partial charge in [-0.2, -0.15) is 0 Å². The van der Waals surface area contributed by atoms with Crippen LogP contribution in [0.3, 0.4) is 0 Å². The van der Waals surface area contributed by atoms with Gasteiger partial charge in [0, 0.05) is 19.7 Å². The molecule has 0 unspecified atom stereocenters. The van der Waals surface area contributed by atoms with Crippen molar-refractivity contribution in [3.63, 3.8) is 0 Å². The van der Waals surface area contributed by atoms with Crippen LogP contribution in [0.1, 0.15) is 17.4 Å². The van der Waals surface area contributed by atoms with Gasteiger partial charge in [-0.15, -0.1) is 0 Å². The molecule has 7 heteroatoms. The smallest absolute Gasteiger partial charge is 0.269 e. The number of morpholine rings is 1. The Balaban J connectivity index is 2.32. The Bertz CT molecular complexity index is 455. The van der Waals surface area contributed by atoms with E-state index in [-0.39, 0.29) is 22.9 Å². The van der Waals surface area contributed by atoms with Crippen LogP contribution in [0.25, 0.3) is 0 Å². The molecule has 18 heavy (non-hydrogen) atoms. The molecule has 0 saturated carbocycles. The van der Waals surface area contributed by atoms with Crippen molar-refractivity contribution in [3.8, 4) is 0 Å². The fourth-order valence-corrected chi connectivity index (χ4v) is 2.04. The lowest BCUT2D eigenvalue weighted by Crippen LogP contribution is -2.44. The molecule has 0 spiro atoms. The number of hydrogen-bond donors (Lipinski definition) is 1. The second-order valence-corrected chi connectivity index (χ2v) is 4.41. The predicted octanol–water partition coefficient (Wildman–Crippen LogP) is 0.715. The largest absolute Gasteiger partial charge is 0.377 e. The van der Waals surface area contributed by atoms with E-state index in [1.54, 1.807) is 13.1 Å². The van der Waals surface area contributed by atoms with E-state index in [0.717, 1.165) is 6.54 Å². The molecule has 1 aromatic rings. The number of aromatic nitrogens is 2. The van der Waals surface area contributed by atoms with Gasteiger partial charge in [0.1, 0.15) is 11.5 Å². The first-order valence-corrected chi connectivity index (χ1v) is 6.10. The average Bonchev–Trinajstić information content (AvgIpc) is 2.37. The summed E-state index contributed by atoms with van der Waals surface area (Å²) in [6, 6.07) is 1.84. The van der Waals surface area contributed by atoms with Crippen molar-refractivity contribution in [2.24, 2.45) is 0 Å². The minimum absolute atomic E-state index is 0.0739. The number of nitrogens with one attached hydrogen (secondary N) is 1. The predicted molar refractivity (Wildman–Crippen MR) is 68.1 cm³/mol. The normalized spacial score (nSPS) is 19.7. The van der Waals surface area contributed by atoms with Gasteiger partial charge in [0.15, 0.2) is 0 Å². The molecule has 1 aliphatic heterocycles. The quantitative estimate of drug-likeness (QED) is 0.802. The van der Waals surface area contributed by atoms with Crippen LogP contribution in [0.15, 0.2) is 6.07 Å². The Morgan fingerprint density at radius 3 is 3.06 bits per heavy atom. The number of halogens is 1. The van der Waals surface area contributed by atoms with Crippen LogP contribution < -0.4 is 10.2 Å². The van der Waals surface area contributed by atoms with Crippen LogP contribution in [-0.4, -0.2) is 48.7 Å². The van der Waals surface area contributed by atoms with Crippen molar-refractivity contribution in [3.05, 3.63) is 17.0 Å². The molecular formula is C11H15ClN4O2. The standard InChI is InChI=1S/C11H15ClN4O2/c1-7-6-18-4-3-16(7)9-5-8(10(17)13-2)14-11(12)15-9/h5,7H,3-4,6H2,1-2H3,(H,13,17)/t7-/m1/s1. The molecule has 1 atom stereocenters. The van der Waals surface area contributed by atoms with Gasteiger partial charge in [-0.05, 0) is 18.5 Å². The van der Waals surface area contributed by atoms with Crippen LogP contribution in [0.4, 0.5) is 5.82 Å². The van der Waals surface area contributed by atoms with Gasteiger partial charge < -0.3 is 15.0 Å². The maximum Gasteiger partial charge on any atom is 0.269 e. The Morgan fingerprint density at radius 2 is 2.39 bits per heavy atom. The lowest BCUT2D eigenvalue weighted by atomic mass is 10.2. The van der Waals surface area contributed by atoms with Crippen molar-refractivity contribution in [2.45, 2.75) is 13.0 Å². The van der Waals surface area contributed by atoms with E-state index in [4.69, 9.17) is 16.3 Å². The maximum atomic E-state index is 11.6. The number of carbonyl (C=O) groups excluding carboxylic acids is 1. The fourth-order valence-electron chi connectivity index (χ4n) is 1.86. The van der Waals surface area contributed by atoms with Crippen LogP contribution >= 0.6 is 11.6 Å². The van der Waals surface area contributed by atoms with Crippen LogP contribution in [0.2, 0.25) is 5.28 Å². The minimum atomic E-state index is -0.276. The number of anilines is 1. The van der Waals surface area contributed by atoms with Gasteiger partial charge in [-0.3, -0.25) is 4.79 Å². The third kappa shape index (κ3) is 2.70. The minimum Gasteiger partial charge on any atom is -0.377 e. The van der Waals surface area contributed by atoms with Gasteiger partial charge in [0.05, 0.1) is 19.3 Å². The third-order valence-electron chi connectivity index (χ3n) is 2.81. The first-order chi connectivity index (χ1) is 8.61. The molecule has 1 N–H and O–H groups in total. The van der Waals surface area contributed by atoms with Crippen molar-refractivity contribution in [1.29, 1.82) is 0 Å². The average molecular weight is 271 g/mol. The molecule has 6 nitrogen and oxygen atoms in total. The first kappa shape index (κ1) is 13.0. The number of nitrogens with zero attached hydrogens (tertiary/aromatic N) is 3.